The molecule has 0 N–H and O–H groups in total. The van der Waals surface area contributed by atoms with Crippen molar-refractivity contribution in [2.24, 2.45) is 5.92 Å². The van der Waals surface area contributed by atoms with Gasteiger partial charge in [-0.05, 0) is 12.8 Å². The minimum atomic E-state index is 0. The van der Waals surface area contributed by atoms with Gasteiger partial charge in [-0.3, -0.25) is 0 Å². The molecule has 0 saturated carbocycles. The van der Waals surface area contributed by atoms with Crippen LogP contribution in [-0.2, 0) is 0 Å². The molecule has 0 heteroatoms. The maximum absolute atomic E-state index is 3.91. The first kappa shape index (κ1) is 18.1. The third-order valence-electron chi connectivity index (χ3n) is 1.36. The molecule has 0 rings (SSSR count). The fraction of sp³-hybridized carbons (Fsp3) is 0.538. The Labute approximate surface area is 85.1 Å². The van der Waals surface area contributed by atoms with E-state index in [4.69, 9.17) is 0 Å². The molecule has 0 aliphatic carbocycles. The predicted octanol–water partition coefficient (Wildman–Crippen LogP) is 4.99. The Morgan fingerprint density at radius 3 is 1.92 bits per heavy atom. The van der Waals surface area contributed by atoms with Crippen molar-refractivity contribution >= 4 is 0 Å². The molecule has 0 bridgehead atoms. The Morgan fingerprint density at radius 1 is 1.15 bits per heavy atom. The summed E-state index contributed by atoms with van der Waals surface area (Å²) in [6, 6.07) is 0. The van der Waals surface area contributed by atoms with Gasteiger partial charge in [-0.15, -0.1) is 0 Å². The van der Waals surface area contributed by atoms with E-state index in [0.29, 0.717) is 5.92 Å². The van der Waals surface area contributed by atoms with Crippen molar-refractivity contribution in [1.29, 1.82) is 0 Å². The number of rotatable bonds is 3. The lowest BCUT2D eigenvalue weighted by molar-refractivity contribution is 0.795. The number of hydrogen-bond donors (Lipinski definition) is 0. The van der Waals surface area contributed by atoms with Crippen molar-refractivity contribution < 1.29 is 0 Å². The van der Waals surface area contributed by atoms with Gasteiger partial charge in [-0.2, -0.15) is 0 Å². The molecule has 0 aliphatic heterocycles. The van der Waals surface area contributed by atoms with Crippen LogP contribution in [-0.4, -0.2) is 0 Å². The zero-order chi connectivity index (χ0) is 9.98. The van der Waals surface area contributed by atoms with Crippen molar-refractivity contribution in [3.63, 3.8) is 0 Å². The van der Waals surface area contributed by atoms with Gasteiger partial charge in [0, 0.05) is 0 Å². The molecule has 0 amide bonds. The van der Waals surface area contributed by atoms with Gasteiger partial charge in [0.15, 0.2) is 0 Å². The highest BCUT2D eigenvalue weighted by Crippen LogP contribution is 2.07. The van der Waals surface area contributed by atoms with E-state index in [2.05, 4.69) is 20.4 Å². The maximum Gasteiger partial charge on any atom is -0.0225 e. The average Bonchev–Trinajstić information content (AvgIpc) is 2.08. The van der Waals surface area contributed by atoms with Crippen molar-refractivity contribution in [2.45, 2.75) is 42.0 Å². The van der Waals surface area contributed by atoms with E-state index in [1.54, 1.807) is 0 Å². The summed E-state index contributed by atoms with van der Waals surface area (Å²) in [6.45, 7) is 14.2. The number of hydrogen-bond acceptors (Lipinski definition) is 0. The van der Waals surface area contributed by atoms with E-state index in [0.717, 1.165) is 0 Å². The van der Waals surface area contributed by atoms with Crippen molar-refractivity contribution in [3.05, 3.63) is 36.5 Å². The van der Waals surface area contributed by atoms with Gasteiger partial charge in [0.1, 0.15) is 0 Å². The van der Waals surface area contributed by atoms with Gasteiger partial charge >= 0.3 is 0 Å². The largest absolute Gasteiger partial charge is 0.0956 e. The molecule has 0 aromatic carbocycles. The van der Waals surface area contributed by atoms with E-state index >= 15 is 0 Å². The van der Waals surface area contributed by atoms with Crippen molar-refractivity contribution in [2.75, 3.05) is 0 Å². The van der Waals surface area contributed by atoms with Gasteiger partial charge in [-0.1, -0.05) is 71.6 Å². The summed E-state index contributed by atoms with van der Waals surface area (Å²) >= 11 is 0. The smallest absolute Gasteiger partial charge is 0.0225 e. The first-order valence-corrected chi connectivity index (χ1v) is 4.66. The molecule has 0 aliphatic rings. The predicted molar refractivity (Wildman–Crippen MR) is 66.0 cm³/mol. The summed E-state index contributed by atoms with van der Waals surface area (Å²) < 4.78 is 0. The van der Waals surface area contributed by atoms with Crippen LogP contribution in [0, 0.1) is 5.92 Å². The van der Waals surface area contributed by atoms with E-state index in [1.165, 1.54) is 5.57 Å². The van der Waals surface area contributed by atoms with E-state index in [9.17, 15) is 0 Å². The van der Waals surface area contributed by atoms with Crippen molar-refractivity contribution in [1.82, 2.24) is 0 Å². The third kappa shape index (κ3) is 14.1. The monoisotopic (exact) mass is 182 g/mol. The van der Waals surface area contributed by atoms with Crippen LogP contribution >= 0.6 is 0 Å². The van der Waals surface area contributed by atoms with Crippen LogP contribution in [0.1, 0.15) is 42.0 Å². The van der Waals surface area contributed by atoms with Crippen LogP contribution in [0.25, 0.3) is 0 Å². The summed E-state index contributed by atoms with van der Waals surface area (Å²) in [6.07, 6.45) is 8.07. The summed E-state index contributed by atoms with van der Waals surface area (Å²) in [4.78, 5) is 0. The minimum absolute atomic E-state index is 0. The zero-order valence-electron chi connectivity index (χ0n) is 9.09. The first-order chi connectivity index (χ1) is 5.68. The average molecular weight is 182 g/mol. The minimum Gasteiger partial charge on any atom is -0.0956 e. The zero-order valence-corrected chi connectivity index (χ0v) is 9.09. The molecule has 0 radical (unpaired) electrons. The Bertz CT molecular complexity index is 147. The van der Waals surface area contributed by atoms with Gasteiger partial charge in [0.25, 0.3) is 0 Å². The van der Waals surface area contributed by atoms with Crippen LogP contribution in [0.15, 0.2) is 36.5 Å². The molecule has 0 nitrogen and oxygen atoms in total. The topological polar surface area (TPSA) is 0 Å². The van der Waals surface area contributed by atoms with Gasteiger partial charge in [0.2, 0.25) is 0 Å². The van der Waals surface area contributed by atoms with E-state index in [-0.39, 0.29) is 7.43 Å². The number of allylic oxidation sites excluding steroid dienone is 5. The second kappa shape index (κ2) is 13.8. The molecule has 0 fully saturated rings. The fourth-order valence-corrected chi connectivity index (χ4v) is 0.483. The Hall–Kier alpha value is -0.780. The highest BCUT2D eigenvalue weighted by atomic mass is 14.0. The fourth-order valence-electron chi connectivity index (χ4n) is 0.483. The second-order valence-corrected chi connectivity index (χ2v) is 2.61. The molecule has 13 heavy (non-hydrogen) atoms. The van der Waals surface area contributed by atoms with Crippen LogP contribution in [0.3, 0.4) is 0 Å². The van der Waals surface area contributed by atoms with Crippen LogP contribution in [0.2, 0.25) is 0 Å². The second-order valence-electron chi connectivity index (χ2n) is 2.61. The first-order valence-electron chi connectivity index (χ1n) is 4.66. The molecule has 0 heterocycles. The lowest BCUT2D eigenvalue weighted by Crippen LogP contribution is -1.86. The highest BCUT2D eigenvalue weighted by Gasteiger charge is 1.91. The third-order valence-corrected chi connectivity index (χ3v) is 1.36. The molecule has 0 aromatic rings. The SMILES string of the molecule is C.C=C(/C=C\C=C/C)C(C)C.CC. The Morgan fingerprint density at radius 2 is 1.62 bits per heavy atom. The highest BCUT2D eigenvalue weighted by molar-refractivity contribution is 5.20. The molecule has 0 spiro atoms. The summed E-state index contributed by atoms with van der Waals surface area (Å²) in [7, 11) is 0. The Balaban J connectivity index is -0.000000309. The molecule has 0 saturated heterocycles. The molecule has 78 valence electrons. The normalized spacial score (nSPS) is 9.69. The van der Waals surface area contributed by atoms with Gasteiger partial charge in [0.05, 0.1) is 0 Å². The van der Waals surface area contributed by atoms with Gasteiger partial charge < -0.3 is 0 Å². The lowest BCUT2D eigenvalue weighted by atomic mass is 10.1. The van der Waals surface area contributed by atoms with E-state index < -0.39 is 0 Å². The van der Waals surface area contributed by atoms with Gasteiger partial charge in [-0.25, -0.2) is 0 Å². The molecule has 0 aromatic heterocycles. The summed E-state index contributed by atoms with van der Waals surface area (Å²) in [5.41, 5.74) is 1.18. The molecular weight excluding hydrogens is 156 g/mol. The quantitative estimate of drug-likeness (QED) is 0.539. The summed E-state index contributed by atoms with van der Waals surface area (Å²) in [5, 5.41) is 0. The van der Waals surface area contributed by atoms with Crippen LogP contribution in [0.4, 0.5) is 0 Å². The molecule has 0 atom stereocenters. The Kier molecular flexibility index (Phi) is 19.2. The van der Waals surface area contributed by atoms with Crippen molar-refractivity contribution in [3.8, 4) is 0 Å². The molecular formula is C13H26. The van der Waals surface area contributed by atoms with Crippen LogP contribution in [0.5, 0.6) is 0 Å². The summed E-state index contributed by atoms with van der Waals surface area (Å²) in [5.74, 6) is 0.557. The standard InChI is InChI=1S/C10H16.C2H6.CH4/c1-5-6-7-8-10(4)9(2)3;1-2;/h5-9H,4H2,1-3H3;1-2H3;1H4/b6-5-,8-7-;;. The molecule has 0 unspecified atom stereocenters. The van der Waals surface area contributed by atoms with E-state index in [1.807, 2.05) is 45.1 Å². The lowest BCUT2D eigenvalue weighted by Gasteiger charge is -2.00. The van der Waals surface area contributed by atoms with Crippen LogP contribution < -0.4 is 0 Å². The maximum atomic E-state index is 3.91.